The topological polar surface area (TPSA) is 15.3 Å². The van der Waals surface area contributed by atoms with Crippen LogP contribution in [0.3, 0.4) is 0 Å². The summed E-state index contributed by atoms with van der Waals surface area (Å²) in [7, 11) is 2.23. The van der Waals surface area contributed by atoms with E-state index >= 15 is 0 Å². The number of thiophene rings is 1. The third kappa shape index (κ3) is 3.54. The van der Waals surface area contributed by atoms with Crippen molar-refractivity contribution in [1.29, 1.82) is 0 Å². The number of likely N-dealkylation sites (tertiary alicyclic amines) is 1. The zero-order valence-electron chi connectivity index (χ0n) is 11.2. The highest BCUT2D eigenvalue weighted by Gasteiger charge is 2.21. The molecule has 0 radical (unpaired) electrons. The minimum Gasteiger partial charge on any atom is -0.309 e. The second-order valence-corrected chi connectivity index (χ2v) is 6.34. The summed E-state index contributed by atoms with van der Waals surface area (Å²) < 4.78 is 0. The van der Waals surface area contributed by atoms with E-state index in [4.69, 9.17) is 0 Å². The zero-order chi connectivity index (χ0) is 12.3. The standard InChI is InChI=1S/C14H24N2S/c1-11-6-9-17-14(11)10-15-12(2)13-4-7-16(3)8-5-13/h6,9,12-13,15H,4-5,7-8,10H2,1-3H3. The van der Waals surface area contributed by atoms with Crippen molar-refractivity contribution in [2.75, 3.05) is 20.1 Å². The molecule has 0 aliphatic carbocycles. The quantitative estimate of drug-likeness (QED) is 0.886. The average Bonchev–Trinajstić information content (AvgIpc) is 2.73. The second-order valence-electron chi connectivity index (χ2n) is 5.34. The van der Waals surface area contributed by atoms with Gasteiger partial charge in [-0.05, 0) is 69.8 Å². The molecule has 1 saturated heterocycles. The summed E-state index contributed by atoms with van der Waals surface area (Å²) in [5.41, 5.74) is 1.43. The third-order valence-corrected chi connectivity index (χ3v) is 5.05. The van der Waals surface area contributed by atoms with Gasteiger partial charge in [-0.25, -0.2) is 0 Å². The van der Waals surface area contributed by atoms with E-state index in [1.807, 2.05) is 11.3 Å². The summed E-state index contributed by atoms with van der Waals surface area (Å²) in [6.45, 7) is 8.10. The fraction of sp³-hybridized carbons (Fsp3) is 0.714. The van der Waals surface area contributed by atoms with Crippen LogP contribution in [0, 0.1) is 12.8 Å². The van der Waals surface area contributed by atoms with Crippen LogP contribution in [-0.2, 0) is 6.54 Å². The lowest BCUT2D eigenvalue weighted by Crippen LogP contribution is -2.40. The molecule has 0 saturated carbocycles. The smallest absolute Gasteiger partial charge is 0.0304 e. The molecule has 0 aromatic carbocycles. The van der Waals surface area contributed by atoms with E-state index in [-0.39, 0.29) is 0 Å². The molecule has 1 unspecified atom stereocenters. The molecule has 1 aliphatic rings. The first-order valence-electron chi connectivity index (χ1n) is 6.61. The Morgan fingerprint density at radius 3 is 2.76 bits per heavy atom. The number of nitrogens with zero attached hydrogens (tertiary/aromatic N) is 1. The van der Waals surface area contributed by atoms with Gasteiger partial charge in [0, 0.05) is 17.5 Å². The summed E-state index contributed by atoms with van der Waals surface area (Å²) in [5, 5.41) is 5.89. The van der Waals surface area contributed by atoms with Crippen molar-refractivity contribution in [3.8, 4) is 0 Å². The number of hydrogen-bond acceptors (Lipinski definition) is 3. The lowest BCUT2D eigenvalue weighted by Gasteiger charge is -2.33. The van der Waals surface area contributed by atoms with E-state index in [0.717, 1.165) is 12.5 Å². The van der Waals surface area contributed by atoms with Crippen molar-refractivity contribution in [1.82, 2.24) is 10.2 Å². The lowest BCUT2D eigenvalue weighted by molar-refractivity contribution is 0.189. The summed E-state index contributed by atoms with van der Waals surface area (Å²) in [5.74, 6) is 0.853. The van der Waals surface area contributed by atoms with Crippen LogP contribution in [0.1, 0.15) is 30.2 Å². The van der Waals surface area contributed by atoms with E-state index in [2.05, 4.69) is 42.6 Å². The second kappa shape index (κ2) is 5.98. The zero-order valence-corrected chi connectivity index (χ0v) is 12.0. The Kier molecular flexibility index (Phi) is 4.60. The largest absolute Gasteiger partial charge is 0.309 e. The van der Waals surface area contributed by atoms with Crippen LogP contribution in [-0.4, -0.2) is 31.1 Å². The van der Waals surface area contributed by atoms with Crippen molar-refractivity contribution in [3.63, 3.8) is 0 Å². The maximum absolute atomic E-state index is 3.70. The van der Waals surface area contributed by atoms with Gasteiger partial charge >= 0.3 is 0 Å². The normalized spacial score (nSPS) is 20.6. The Balaban J connectivity index is 1.77. The van der Waals surface area contributed by atoms with Gasteiger partial charge in [-0.15, -0.1) is 11.3 Å². The van der Waals surface area contributed by atoms with Crippen molar-refractivity contribution in [3.05, 3.63) is 21.9 Å². The molecule has 1 atom stereocenters. The molecule has 0 spiro atoms. The molecular weight excluding hydrogens is 228 g/mol. The highest BCUT2D eigenvalue weighted by Crippen LogP contribution is 2.21. The van der Waals surface area contributed by atoms with E-state index < -0.39 is 0 Å². The summed E-state index contributed by atoms with van der Waals surface area (Å²) in [4.78, 5) is 3.93. The van der Waals surface area contributed by atoms with Crippen LogP contribution >= 0.6 is 11.3 Å². The number of piperidine rings is 1. The molecule has 3 heteroatoms. The number of aryl methyl sites for hydroxylation is 1. The SMILES string of the molecule is Cc1ccsc1CNC(C)C1CCN(C)CC1. The molecule has 2 heterocycles. The number of rotatable bonds is 4. The molecular formula is C14H24N2S. The molecule has 96 valence electrons. The first kappa shape index (κ1) is 13.1. The van der Waals surface area contributed by atoms with Crippen molar-refractivity contribution < 1.29 is 0 Å². The molecule has 2 nitrogen and oxygen atoms in total. The Morgan fingerprint density at radius 2 is 2.18 bits per heavy atom. The van der Waals surface area contributed by atoms with E-state index in [9.17, 15) is 0 Å². The Labute approximate surface area is 109 Å². The van der Waals surface area contributed by atoms with Gasteiger partial charge < -0.3 is 10.2 Å². The molecule has 1 aliphatic heterocycles. The van der Waals surface area contributed by atoms with Crippen LogP contribution in [0.2, 0.25) is 0 Å². The first-order chi connectivity index (χ1) is 8.16. The first-order valence-corrected chi connectivity index (χ1v) is 7.49. The minimum absolute atomic E-state index is 0.644. The predicted octanol–water partition coefficient (Wildman–Crippen LogP) is 2.88. The van der Waals surface area contributed by atoms with Crippen LogP contribution in [0.15, 0.2) is 11.4 Å². The number of nitrogens with one attached hydrogen (secondary N) is 1. The molecule has 1 aromatic rings. The van der Waals surface area contributed by atoms with Gasteiger partial charge in [-0.3, -0.25) is 0 Å². The van der Waals surface area contributed by atoms with Crippen LogP contribution < -0.4 is 5.32 Å². The van der Waals surface area contributed by atoms with Crippen LogP contribution in [0.25, 0.3) is 0 Å². The predicted molar refractivity (Wildman–Crippen MR) is 75.6 cm³/mol. The molecule has 0 amide bonds. The molecule has 1 fully saturated rings. The van der Waals surface area contributed by atoms with Crippen molar-refractivity contribution >= 4 is 11.3 Å². The average molecular weight is 252 g/mol. The number of hydrogen-bond donors (Lipinski definition) is 1. The van der Waals surface area contributed by atoms with Crippen LogP contribution in [0.5, 0.6) is 0 Å². The Bertz CT molecular complexity index is 340. The van der Waals surface area contributed by atoms with Gasteiger partial charge in [-0.1, -0.05) is 0 Å². The Hall–Kier alpha value is -0.380. The highest BCUT2D eigenvalue weighted by molar-refractivity contribution is 7.10. The van der Waals surface area contributed by atoms with Crippen LogP contribution in [0.4, 0.5) is 0 Å². The van der Waals surface area contributed by atoms with Gasteiger partial charge in [0.2, 0.25) is 0 Å². The van der Waals surface area contributed by atoms with Crippen molar-refractivity contribution in [2.45, 2.75) is 39.3 Å². The van der Waals surface area contributed by atoms with Gasteiger partial charge in [0.25, 0.3) is 0 Å². The third-order valence-electron chi connectivity index (χ3n) is 4.02. The van der Waals surface area contributed by atoms with E-state index in [1.54, 1.807) is 0 Å². The maximum Gasteiger partial charge on any atom is 0.0304 e. The van der Waals surface area contributed by atoms with Gasteiger partial charge in [0.1, 0.15) is 0 Å². The lowest BCUT2D eigenvalue weighted by atomic mass is 9.90. The maximum atomic E-state index is 3.70. The summed E-state index contributed by atoms with van der Waals surface area (Å²) in [6, 6.07) is 2.85. The fourth-order valence-electron chi connectivity index (χ4n) is 2.53. The Morgan fingerprint density at radius 1 is 1.47 bits per heavy atom. The molecule has 0 bridgehead atoms. The van der Waals surface area contributed by atoms with Crippen molar-refractivity contribution in [2.24, 2.45) is 5.92 Å². The molecule has 1 aromatic heterocycles. The van der Waals surface area contributed by atoms with Gasteiger partial charge in [0.15, 0.2) is 0 Å². The molecule has 17 heavy (non-hydrogen) atoms. The summed E-state index contributed by atoms with van der Waals surface area (Å²) >= 11 is 1.87. The monoisotopic (exact) mass is 252 g/mol. The van der Waals surface area contributed by atoms with E-state index in [1.165, 1.54) is 36.4 Å². The van der Waals surface area contributed by atoms with E-state index in [0.29, 0.717) is 6.04 Å². The van der Waals surface area contributed by atoms with Gasteiger partial charge in [-0.2, -0.15) is 0 Å². The molecule has 2 rings (SSSR count). The van der Waals surface area contributed by atoms with Gasteiger partial charge in [0.05, 0.1) is 0 Å². The highest BCUT2D eigenvalue weighted by atomic mass is 32.1. The molecule has 1 N–H and O–H groups in total. The summed E-state index contributed by atoms with van der Waals surface area (Å²) in [6.07, 6.45) is 2.68. The minimum atomic E-state index is 0.644. The fourth-order valence-corrected chi connectivity index (χ4v) is 3.39.